The highest BCUT2D eigenvalue weighted by Gasteiger charge is 2.36. The maximum absolute atomic E-state index is 12.7. The topological polar surface area (TPSA) is 42.7 Å². The lowest BCUT2D eigenvalue weighted by molar-refractivity contribution is -0.141. The Bertz CT molecular complexity index is 873. The number of halogens is 4. The Balaban J connectivity index is 1.71. The first kappa shape index (κ1) is 16.6. The van der Waals surface area contributed by atoms with Crippen LogP contribution in [0.25, 0.3) is 10.9 Å². The molecule has 4 nitrogen and oxygen atoms in total. The van der Waals surface area contributed by atoms with Gasteiger partial charge >= 0.3 is 6.18 Å². The van der Waals surface area contributed by atoms with Crippen molar-refractivity contribution in [2.24, 2.45) is 0 Å². The molecule has 0 aliphatic carbocycles. The van der Waals surface area contributed by atoms with Crippen molar-refractivity contribution >= 4 is 28.2 Å². The first-order chi connectivity index (χ1) is 11.3. The number of alkyl halides is 3. The fourth-order valence-electron chi connectivity index (χ4n) is 2.42. The van der Waals surface area contributed by atoms with Gasteiger partial charge in [0.15, 0.2) is 5.69 Å². The standard InChI is InChI=1S/C16H14ClF3N4/c1-10-2-3-11-13(4-5-21-14(11)8-10)22-6-7-24-9-12(17)15(23-24)16(18,19)20/h2-5,8-9H,6-7H2,1H3,(H,21,22). The number of rotatable bonds is 4. The van der Waals surface area contributed by atoms with Crippen LogP contribution in [0.5, 0.6) is 0 Å². The molecule has 0 spiro atoms. The zero-order chi connectivity index (χ0) is 17.3. The minimum atomic E-state index is -4.55. The summed E-state index contributed by atoms with van der Waals surface area (Å²) in [6, 6.07) is 7.75. The number of pyridine rings is 1. The molecule has 1 N–H and O–H groups in total. The molecule has 1 aromatic carbocycles. The molecule has 2 heterocycles. The van der Waals surface area contributed by atoms with E-state index in [2.05, 4.69) is 15.4 Å². The van der Waals surface area contributed by atoms with E-state index in [1.807, 2.05) is 31.2 Å². The van der Waals surface area contributed by atoms with Crippen LogP contribution in [0.4, 0.5) is 18.9 Å². The zero-order valence-corrected chi connectivity index (χ0v) is 13.5. The Morgan fingerprint density at radius 3 is 2.75 bits per heavy atom. The predicted molar refractivity (Wildman–Crippen MR) is 87.2 cm³/mol. The lowest BCUT2D eigenvalue weighted by Gasteiger charge is -2.10. The molecule has 0 amide bonds. The lowest BCUT2D eigenvalue weighted by atomic mass is 10.1. The van der Waals surface area contributed by atoms with Gasteiger partial charge in [0.05, 0.1) is 17.1 Å². The van der Waals surface area contributed by atoms with Crippen LogP contribution in [-0.4, -0.2) is 21.3 Å². The lowest BCUT2D eigenvalue weighted by Crippen LogP contribution is -2.13. The van der Waals surface area contributed by atoms with E-state index >= 15 is 0 Å². The number of fused-ring (bicyclic) bond motifs is 1. The maximum Gasteiger partial charge on any atom is 0.436 e. The summed E-state index contributed by atoms with van der Waals surface area (Å²) in [5, 5.41) is 7.25. The number of nitrogens with zero attached hydrogens (tertiary/aromatic N) is 3. The SMILES string of the molecule is Cc1ccc2c(NCCn3cc(Cl)c(C(F)(F)F)n3)ccnc2c1. The Kier molecular flexibility index (Phi) is 4.36. The van der Waals surface area contributed by atoms with Gasteiger partial charge in [-0.05, 0) is 24.6 Å². The highest BCUT2D eigenvalue weighted by molar-refractivity contribution is 6.31. The van der Waals surface area contributed by atoms with Crippen molar-refractivity contribution in [3.05, 3.63) is 52.9 Å². The van der Waals surface area contributed by atoms with E-state index < -0.39 is 16.9 Å². The second-order valence-electron chi connectivity index (χ2n) is 5.39. The molecule has 0 unspecified atom stereocenters. The fourth-order valence-corrected chi connectivity index (χ4v) is 2.68. The fraction of sp³-hybridized carbons (Fsp3) is 0.250. The quantitative estimate of drug-likeness (QED) is 0.748. The minimum Gasteiger partial charge on any atom is -0.383 e. The Labute approximate surface area is 141 Å². The molecule has 0 bridgehead atoms. The molecule has 0 saturated carbocycles. The van der Waals surface area contributed by atoms with Gasteiger partial charge < -0.3 is 5.32 Å². The molecule has 0 atom stereocenters. The molecule has 3 rings (SSSR count). The van der Waals surface area contributed by atoms with Crippen molar-refractivity contribution in [3.63, 3.8) is 0 Å². The summed E-state index contributed by atoms with van der Waals surface area (Å²) in [7, 11) is 0. The smallest absolute Gasteiger partial charge is 0.383 e. The van der Waals surface area contributed by atoms with E-state index in [9.17, 15) is 13.2 Å². The summed E-state index contributed by atoms with van der Waals surface area (Å²) >= 11 is 5.59. The number of anilines is 1. The molecule has 24 heavy (non-hydrogen) atoms. The van der Waals surface area contributed by atoms with Crippen LogP contribution in [0.15, 0.2) is 36.7 Å². The Morgan fingerprint density at radius 2 is 2.04 bits per heavy atom. The normalized spacial score (nSPS) is 11.9. The summed E-state index contributed by atoms with van der Waals surface area (Å²) in [5.74, 6) is 0. The van der Waals surface area contributed by atoms with Crippen LogP contribution in [0.3, 0.4) is 0 Å². The highest BCUT2D eigenvalue weighted by atomic mass is 35.5. The molecule has 3 aromatic rings. The predicted octanol–water partition coefficient (Wildman–Crippen LogP) is 4.52. The van der Waals surface area contributed by atoms with E-state index in [0.29, 0.717) is 6.54 Å². The third-order valence-electron chi connectivity index (χ3n) is 3.54. The van der Waals surface area contributed by atoms with Gasteiger partial charge in [-0.25, -0.2) is 0 Å². The second kappa shape index (κ2) is 6.32. The molecule has 0 aliphatic rings. The molecule has 2 aromatic heterocycles. The van der Waals surface area contributed by atoms with E-state index in [1.165, 1.54) is 10.9 Å². The van der Waals surface area contributed by atoms with Crippen LogP contribution < -0.4 is 5.32 Å². The molecule has 0 aliphatic heterocycles. The summed E-state index contributed by atoms with van der Waals surface area (Å²) in [6.07, 6.45) is -1.67. The van der Waals surface area contributed by atoms with Crippen molar-refractivity contribution in [2.75, 3.05) is 11.9 Å². The van der Waals surface area contributed by atoms with Crippen molar-refractivity contribution in [2.45, 2.75) is 19.6 Å². The van der Waals surface area contributed by atoms with Crippen LogP contribution in [0, 0.1) is 6.92 Å². The van der Waals surface area contributed by atoms with Gasteiger partial charge in [-0.15, -0.1) is 0 Å². The summed E-state index contributed by atoms with van der Waals surface area (Å²) in [5.41, 5.74) is 1.78. The van der Waals surface area contributed by atoms with Crippen LogP contribution in [-0.2, 0) is 12.7 Å². The molecular weight excluding hydrogens is 341 g/mol. The van der Waals surface area contributed by atoms with Gasteiger partial charge in [0, 0.05) is 30.0 Å². The average Bonchev–Trinajstić information content (AvgIpc) is 2.88. The van der Waals surface area contributed by atoms with Crippen molar-refractivity contribution in [3.8, 4) is 0 Å². The summed E-state index contributed by atoms with van der Waals surface area (Å²) in [4.78, 5) is 4.31. The van der Waals surface area contributed by atoms with Gasteiger partial charge in [0.1, 0.15) is 0 Å². The van der Waals surface area contributed by atoms with Gasteiger partial charge in [-0.1, -0.05) is 23.7 Å². The number of hydrogen-bond donors (Lipinski definition) is 1. The minimum absolute atomic E-state index is 0.255. The third kappa shape index (κ3) is 3.46. The van der Waals surface area contributed by atoms with Gasteiger partial charge in [0.25, 0.3) is 0 Å². The highest BCUT2D eigenvalue weighted by Crippen LogP contribution is 2.33. The van der Waals surface area contributed by atoms with Gasteiger partial charge in [-0.2, -0.15) is 18.3 Å². The first-order valence-corrected chi connectivity index (χ1v) is 7.62. The monoisotopic (exact) mass is 354 g/mol. The molecule has 0 radical (unpaired) electrons. The van der Waals surface area contributed by atoms with E-state index in [4.69, 9.17) is 11.6 Å². The first-order valence-electron chi connectivity index (χ1n) is 7.24. The van der Waals surface area contributed by atoms with Crippen LogP contribution >= 0.6 is 11.6 Å². The van der Waals surface area contributed by atoms with Crippen LogP contribution in [0.1, 0.15) is 11.3 Å². The van der Waals surface area contributed by atoms with E-state index in [0.717, 1.165) is 22.2 Å². The molecule has 8 heteroatoms. The van der Waals surface area contributed by atoms with E-state index in [-0.39, 0.29) is 6.54 Å². The number of nitrogens with one attached hydrogen (secondary N) is 1. The summed E-state index contributed by atoms with van der Waals surface area (Å²) < 4.78 is 39.2. The zero-order valence-electron chi connectivity index (χ0n) is 12.7. The number of aryl methyl sites for hydroxylation is 1. The van der Waals surface area contributed by atoms with E-state index in [1.54, 1.807) is 6.20 Å². The molecule has 0 fully saturated rings. The average molecular weight is 355 g/mol. The van der Waals surface area contributed by atoms with Gasteiger partial charge in [-0.3, -0.25) is 9.67 Å². The number of hydrogen-bond acceptors (Lipinski definition) is 3. The van der Waals surface area contributed by atoms with Crippen molar-refractivity contribution in [1.29, 1.82) is 0 Å². The molecule has 126 valence electrons. The van der Waals surface area contributed by atoms with Gasteiger partial charge in [0.2, 0.25) is 0 Å². The van der Waals surface area contributed by atoms with Crippen LogP contribution in [0.2, 0.25) is 5.02 Å². The summed E-state index contributed by atoms with van der Waals surface area (Å²) in [6.45, 7) is 2.65. The van der Waals surface area contributed by atoms with Crippen molar-refractivity contribution in [1.82, 2.24) is 14.8 Å². The largest absolute Gasteiger partial charge is 0.436 e. The second-order valence-corrected chi connectivity index (χ2v) is 5.80. The number of benzene rings is 1. The third-order valence-corrected chi connectivity index (χ3v) is 3.82. The Hall–Kier alpha value is -2.28. The molecule has 0 saturated heterocycles. The maximum atomic E-state index is 12.7. The van der Waals surface area contributed by atoms with Crippen molar-refractivity contribution < 1.29 is 13.2 Å². The number of aromatic nitrogens is 3. The molecular formula is C16H14ClF3N4. The Morgan fingerprint density at radius 1 is 1.25 bits per heavy atom.